The van der Waals surface area contributed by atoms with Crippen LogP contribution in [0.1, 0.15) is 30.7 Å². The molecule has 128 valence electrons. The van der Waals surface area contributed by atoms with Crippen LogP contribution in [0, 0.1) is 0 Å². The van der Waals surface area contributed by atoms with Crippen molar-refractivity contribution in [2.75, 3.05) is 6.61 Å². The summed E-state index contributed by atoms with van der Waals surface area (Å²) in [5.41, 5.74) is 2.05. The van der Waals surface area contributed by atoms with Crippen molar-refractivity contribution >= 4 is 6.03 Å². The van der Waals surface area contributed by atoms with Crippen LogP contribution in [0.25, 0.3) is 0 Å². The lowest BCUT2D eigenvalue weighted by Gasteiger charge is -2.13. The average Bonchev–Trinajstić information content (AvgIpc) is 3.19. The highest BCUT2D eigenvalue weighted by molar-refractivity contribution is 5.73. The molecular formula is C18H22N2O4. The second-order valence-corrected chi connectivity index (χ2v) is 5.75. The molecule has 3 rings (SSSR count). The summed E-state index contributed by atoms with van der Waals surface area (Å²) in [6, 6.07) is 7.31. The van der Waals surface area contributed by atoms with E-state index in [0.717, 1.165) is 29.0 Å². The first-order valence-corrected chi connectivity index (χ1v) is 8.15. The van der Waals surface area contributed by atoms with Gasteiger partial charge in [0, 0.05) is 24.1 Å². The number of amides is 2. The number of benzene rings is 1. The molecule has 2 N–H and O–H groups in total. The van der Waals surface area contributed by atoms with Crippen LogP contribution in [-0.2, 0) is 19.5 Å². The van der Waals surface area contributed by atoms with Gasteiger partial charge in [0.25, 0.3) is 0 Å². The monoisotopic (exact) mass is 330 g/mol. The fourth-order valence-electron chi connectivity index (χ4n) is 2.73. The molecule has 1 aromatic heterocycles. The second kappa shape index (κ2) is 7.29. The van der Waals surface area contributed by atoms with E-state index in [0.29, 0.717) is 25.5 Å². The van der Waals surface area contributed by atoms with Crippen molar-refractivity contribution in [3.05, 3.63) is 47.4 Å². The van der Waals surface area contributed by atoms with Crippen LogP contribution in [0.15, 0.2) is 34.9 Å². The largest absolute Gasteiger partial charge is 0.494 e. The SMILES string of the molecule is CCOc1cc2c(cc1CNC(=O)NCc1ccco1)OC(C)C2. The molecule has 2 heterocycles. The van der Waals surface area contributed by atoms with E-state index in [1.165, 1.54) is 0 Å². The second-order valence-electron chi connectivity index (χ2n) is 5.75. The number of nitrogens with one attached hydrogen (secondary N) is 2. The predicted molar refractivity (Wildman–Crippen MR) is 89.2 cm³/mol. The van der Waals surface area contributed by atoms with E-state index in [1.54, 1.807) is 12.3 Å². The van der Waals surface area contributed by atoms with Crippen molar-refractivity contribution in [1.82, 2.24) is 10.6 Å². The summed E-state index contributed by atoms with van der Waals surface area (Å²) in [6.45, 7) is 5.28. The van der Waals surface area contributed by atoms with E-state index in [4.69, 9.17) is 13.9 Å². The zero-order chi connectivity index (χ0) is 16.9. The normalized spacial score (nSPS) is 15.5. The smallest absolute Gasteiger partial charge is 0.315 e. The minimum atomic E-state index is -0.261. The third kappa shape index (κ3) is 3.82. The Labute approximate surface area is 141 Å². The highest BCUT2D eigenvalue weighted by Gasteiger charge is 2.22. The zero-order valence-electron chi connectivity index (χ0n) is 13.9. The molecule has 1 aliphatic heterocycles. The van der Waals surface area contributed by atoms with Gasteiger partial charge in [-0.25, -0.2) is 4.79 Å². The Balaban J connectivity index is 1.61. The fraction of sp³-hybridized carbons (Fsp3) is 0.389. The summed E-state index contributed by atoms with van der Waals surface area (Å²) in [5.74, 6) is 2.37. The standard InChI is InChI=1S/C18H22N2O4/c1-3-22-16-8-13-7-12(2)24-17(13)9-14(16)10-19-18(21)20-11-15-5-4-6-23-15/h4-6,8-9,12H,3,7,10-11H2,1-2H3,(H2,19,20,21). The number of urea groups is 1. The Hall–Kier alpha value is -2.63. The van der Waals surface area contributed by atoms with E-state index >= 15 is 0 Å². The summed E-state index contributed by atoms with van der Waals surface area (Å²) < 4.78 is 16.7. The van der Waals surface area contributed by atoms with Gasteiger partial charge in [0.05, 0.1) is 19.4 Å². The fourth-order valence-corrected chi connectivity index (χ4v) is 2.73. The summed E-state index contributed by atoms with van der Waals surface area (Å²) in [6.07, 6.45) is 2.64. The lowest BCUT2D eigenvalue weighted by Crippen LogP contribution is -2.34. The van der Waals surface area contributed by atoms with E-state index in [-0.39, 0.29) is 12.1 Å². The van der Waals surface area contributed by atoms with Crippen molar-refractivity contribution < 1.29 is 18.7 Å². The molecule has 1 unspecified atom stereocenters. The van der Waals surface area contributed by atoms with Crippen LogP contribution >= 0.6 is 0 Å². The van der Waals surface area contributed by atoms with Crippen molar-refractivity contribution in [2.24, 2.45) is 0 Å². The average molecular weight is 330 g/mol. The first kappa shape index (κ1) is 16.2. The van der Waals surface area contributed by atoms with Crippen LogP contribution < -0.4 is 20.1 Å². The number of carbonyl (C=O) groups excluding carboxylic acids is 1. The number of rotatable bonds is 6. The van der Waals surface area contributed by atoms with E-state index < -0.39 is 0 Å². The number of carbonyl (C=O) groups is 1. The molecule has 6 heteroatoms. The Kier molecular flexibility index (Phi) is 4.93. The van der Waals surface area contributed by atoms with E-state index in [2.05, 4.69) is 10.6 Å². The van der Waals surface area contributed by atoms with Crippen molar-refractivity contribution in [1.29, 1.82) is 0 Å². The molecule has 1 aromatic carbocycles. The van der Waals surface area contributed by atoms with Gasteiger partial charge in [0.2, 0.25) is 0 Å². The number of fused-ring (bicyclic) bond motifs is 1. The van der Waals surface area contributed by atoms with Gasteiger partial charge in [0.15, 0.2) is 0 Å². The van der Waals surface area contributed by atoms with Gasteiger partial charge in [-0.15, -0.1) is 0 Å². The molecule has 2 amide bonds. The molecule has 1 aliphatic rings. The van der Waals surface area contributed by atoms with Crippen molar-refractivity contribution in [2.45, 2.75) is 39.5 Å². The number of hydrogen-bond donors (Lipinski definition) is 2. The first-order chi connectivity index (χ1) is 11.7. The molecule has 24 heavy (non-hydrogen) atoms. The molecule has 0 aliphatic carbocycles. The molecule has 2 aromatic rings. The zero-order valence-corrected chi connectivity index (χ0v) is 13.9. The third-order valence-corrected chi connectivity index (χ3v) is 3.82. The number of furan rings is 1. The summed E-state index contributed by atoms with van der Waals surface area (Å²) in [5, 5.41) is 5.59. The molecular weight excluding hydrogens is 308 g/mol. The van der Waals surface area contributed by atoms with Gasteiger partial charge in [-0.05, 0) is 38.1 Å². The molecule has 1 atom stereocenters. The van der Waals surface area contributed by atoms with E-state index in [9.17, 15) is 4.79 Å². The minimum Gasteiger partial charge on any atom is -0.494 e. The van der Waals surface area contributed by atoms with Gasteiger partial charge in [0.1, 0.15) is 23.4 Å². The van der Waals surface area contributed by atoms with Crippen LogP contribution in [0.5, 0.6) is 11.5 Å². The van der Waals surface area contributed by atoms with Crippen LogP contribution in [0.3, 0.4) is 0 Å². The summed E-state index contributed by atoms with van der Waals surface area (Å²) in [7, 11) is 0. The molecule has 0 saturated heterocycles. The maximum absolute atomic E-state index is 11.9. The highest BCUT2D eigenvalue weighted by atomic mass is 16.5. The molecule has 0 saturated carbocycles. The highest BCUT2D eigenvalue weighted by Crippen LogP contribution is 2.35. The van der Waals surface area contributed by atoms with Crippen molar-refractivity contribution in [3.8, 4) is 11.5 Å². The molecule has 6 nitrogen and oxygen atoms in total. The Morgan fingerprint density at radius 2 is 2.17 bits per heavy atom. The lowest BCUT2D eigenvalue weighted by molar-refractivity contribution is 0.238. The summed E-state index contributed by atoms with van der Waals surface area (Å²) in [4.78, 5) is 11.9. The van der Waals surface area contributed by atoms with Gasteiger partial charge in [-0.1, -0.05) is 0 Å². The Morgan fingerprint density at radius 1 is 1.33 bits per heavy atom. The number of hydrogen-bond acceptors (Lipinski definition) is 4. The third-order valence-electron chi connectivity index (χ3n) is 3.82. The quantitative estimate of drug-likeness (QED) is 0.854. The lowest BCUT2D eigenvalue weighted by atomic mass is 10.1. The van der Waals surface area contributed by atoms with Crippen LogP contribution in [-0.4, -0.2) is 18.7 Å². The van der Waals surface area contributed by atoms with Gasteiger partial charge < -0.3 is 24.5 Å². The van der Waals surface area contributed by atoms with Gasteiger partial charge in [-0.2, -0.15) is 0 Å². The molecule has 0 bridgehead atoms. The predicted octanol–water partition coefficient (Wildman–Crippen LogP) is 3.00. The Bertz CT molecular complexity index is 697. The Morgan fingerprint density at radius 3 is 2.92 bits per heavy atom. The van der Waals surface area contributed by atoms with Gasteiger partial charge >= 0.3 is 6.03 Å². The number of ether oxygens (including phenoxy) is 2. The van der Waals surface area contributed by atoms with Crippen LogP contribution in [0.4, 0.5) is 4.79 Å². The van der Waals surface area contributed by atoms with Gasteiger partial charge in [-0.3, -0.25) is 0 Å². The first-order valence-electron chi connectivity index (χ1n) is 8.15. The molecule has 0 fully saturated rings. The molecule has 0 spiro atoms. The van der Waals surface area contributed by atoms with Crippen LogP contribution in [0.2, 0.25) is 0 Å². The minimum absolute atomic E-state index is 0.175. The van der Waals surface area contributed by atoms with Crippen molar-refractivity contribution in [3.63, 3.8) is 0 Å². The van der Waals surface area contributed by atoms with E-state index in [1.807, 2.05) is 32.0 Å². The maximum atomic E-state index is 11.9. The summed E-state index contributed by atoms with van der Waals surface area (Å²) >= 11 is 0. The topological polar surface area (TPSA) is 72.7 Å². The maximum Gasteiger partial charge on any atom is 0.315 e. The molecule has 0 radical (unpaired) electrons.